The smallest absolute Gasteiger partial charge is 0.339 e. The second kappa shape index (κ2) is 6.32. The van der Waals surface area contributed by atoms with E-state index in [1.54, 1.807) is 11.0 Å². The highest BCUT2D eigenvalue weighted by Crippen LogP contribution is 2.25. The summed E-state index contributed by atoms with van der Waals surface area (Å²) in [6.07, 6.45) is -0.0507. The Morgan fingerprint density at radius 1 is 1.43 bits per heavy atom. The van der Waals surface area contributed by atoms with Crippen molar-refractivity contribution in [1.29, 1.82) is 0 Å². The van der Waals surface area contributed by atoms with Crippen molar-refractivity contribution < 1.29 is 19.4 Å². The van der Waals surface area contributed by atoms with E-state index in [1.807, 2.05) is 13.8 Å². The summed E-state index contributed by atoms with van der Waals surface area (Å²) >= 11 is 5.88. The molecule has 1 aromatic carbocycles. The summed E-state index contributed by atoms with van der Waals surface area (Å²) in [7, 11) is 0. The number of carboxylic acid groups (broad SMARTS) is 1. The van der Waals surface area contributed by atoms with Crippen molar-refractivity contribution in [3.8, 4) is 0 Å². The van der Waals surface area contributed by atoms with Crippen molar-refractivity contribution in [3.05, 3.63) is 28.8 Å². The molecule has 2 amide bonds. The van der Waals surface area contributed by atoms with E-state index in [2.05, 4.69) is 5.32 Å². The van der Waals surface area contributed by atoms with Crippen molar-refractivity contribution in [2.24, 2.45) is 0 Å². The number of halogens is 1. The molecule has 6 nitrogen and oxygen atoms in total. The molecule has 21 heavy (non-hydrogen) atoms. The Morgan fingerprint density at radius 3 is 2.81 bits per heavy atom. The minimum absolute atomic E-state index is 0.0507. The number of nitrogens with zero attached hydrogens (tertiary/aromatic N) is 1. The van der Waals surface area contributed by atoms with Crippen molar-refractivity contribution in [2.75, 3.05) is 18.5 Å². The summed E-state index contributed by atoms with van der Waals surface area (Å²) in [6.45, 7) is 4.67. The SMILES string of the molecule is CC1CN(C(=O)Nc2cccc(Cl)c2C(=O)O)C(C)CO1. The van der Waals surface area contributed by atoms with Crippen LogP contribution in [0.4, 0.5) is 10.5 Å². The number of ether oxygens (including phenoxy) is 1. The minimum atomic E-state index is -1.18. The molecule has 0 radical (unpaired) electrons. The van der Waals surface area contributed by atoms with E-state index in [-0.39, 0.29) is 34.5 Å². The zero-order valence-electron chi connectivity index (χ0n) is 11.8. The molecule has 0 aromatic heterocycles. The van der Waals surface area contributed by atoms with Crippen LogP contribution < -0.4 is 5.32 Å². The Kier molecular flexibility index (Phi) is 4.69. The highest BCUT2D eigenvalue weighted by Gasteiger charge is 2.28. The molecular weight excluding hydrogens is 296 g/mol. The van der Waals surface area contributed by atoms with Crippen molar-refractivity contribution in [1.82, 2.24) is 4.90 Å². The molecule has 2 unspecified atom stereocenters. The topological polar surface area (TPSA) is 78.9 Å². The molecule has 1 aromatic rings. The van der Waals surface area contributed by atoms with Crippen molar-refractivity contribution in [2.45, 2.75) is 26.0 Å². The maximum Gasteiger partial charge on any atom is 0.339 e. The lowest BCUT2D eigenvalue weighted by molar-refractivity contribution is -0.0296. The molecule has 1 aliphatic heterocycles. The molecule has 0 bridgehead atoms. The molecule has 2 N–H and O–H groups in total. The van der Waals surface area contributed by atoms with Crippen LogP contribution in [0.1, 0.15) is 24.2 Å². The van der Waals surface area contributed by atoms with Gasteiger partial charge in [0.2, 0.25) is 0 Å². The predicted octanol–water partition coefficient (Wildman–Crippen LogP) is 2.68. The van der Waals surface area contributed by atoms with Crippen LogP contribution in [0.25, 0.3) is 0 Å². The van der Waals surface area contributed by atoms with Gasteiger partial charge in [-0.15, -0.1) is 0 Å². The van der Waals surface area contributed by atoms with Crippen molar-refractivity contribution in [3.63, 3.8) is 0 Å². The lowest BCUT2D eigenvalue weighted by Gasteiger charge is -2.36. The van der Waals surface area contributed by atoms with E-state index in [1.165, 1.54) is 12.1 Å². The molecule has 7 heteroatoms. The van der Waals surface area contributed by atoms with Gasteiger partial charge in [0.15, 0.2) is 0 Å². The number of carbonyl (C=O) groups is 2. The van der Waals surface area contributed by atoms with Crippen molar-refractivity contribution >= 4 is 29.3 Å². The van der Waals surface area contributed by atoms with Crippen LogP contribution in [0.3, 0.4) is 0 Å². The fraction of sp³-hybridized carbons (Fsp3) is 0.429. The van der Waals surface area contributed by atoms with E-state index in [9.17, 15) is 14.7 Å². The molecule has 1 fully saturated rings. The first kappa shape index (κ1) is 15.6. The molecule has 2 rings (SSSR count). The summed E-state index contributed by atoms with van der Waals surface area (Å²) in [5.41, 5.74) is 0.0767. The molecular formula is C14H17ClN2O4. The lowest BCUT2D eigenvalue weighted by atomic mass is 10.1. The maximum absolute atomic E-state index is 12.3. The molecule has 0 saturated carbocycles. The van der Waals surface area contributed by atoms with Crippen LogP contribution >= 0.6 is 11.6 Å². The number of benzene rings is 1. The average molecular weight is 313 g/mol. The minimum Gasteiger partial charge on any atom is -0.478 e. The summed E-state index contributed by atoms with van der Waals surface area (Å²) in [5.74, 6) is -1.18. The van der Waals surface area contributed by atoms with Gasteiger partial charge in [-0.1, -0.05) is 17.7 Å². The third kappa shape index (κ3) is 3.46. The van der Waals surface area contributed by atoms with E-state index < -0.39 is 5.97 Å². The van der Waals surface area contributed by atoms with Crippen LogP contribution in [-0.2, 0) is 4.74 Å². The van der Waals surface area contributed by atoms with Crippen LogP contribution in [0.5, 0.6) is 0 Å². The predicted molar refractivity (Wildman–Crippen MR) is 79.0 cm³/mol. The van der Waals surface area contributed by atoms with Gasteiger partial charge in [-0.05, 0) is 26.0 Å². The Hall–Kier alpha value is -1.79. The third-order valence-electron chi connectivity index (χ3n) is 3.34. The van der Waals surface area contributed by atoms with Gasteiger partial charge in [0.1, 0.15) is 5.56 Å². The number of hydrogen-bond acceptors (Lipinski definition) is 3. The second-order valence-electron chi connectivity index (χ2n) is 5.04. The van der Waals surface area contributed by atoms with E-state index in [0.29, 0.717) is 13.2 Å². The zero-order valence-corrected chi connectivity index (χ0v) is 12.6. The molecule has 114 valence electrons. The third-order valence-corrected chi connectivity index (χ3v) is 3.65. The maximum atomic E-state index is 12.3. The number of morpholine rings is 1. The number of urea groups is 1. The average Bonchev–Trinajstić information content (AvgIpc) is 2.41. The van der Waals surface area contributed by atoms with Gasteiger partial charge in [-0.3, -0.25) is 0 Å². The van der Waals surface area contributed by atoms with Gasteiger partial charge in [0, 0.05) is 6.54 Å². The summed E-state index contributed by atoms with van der Waals surface area (Å²) < 4.78 is 5.46. The molecule has 1 heterocycles. The van der Waals surface area contributed by atoms with Crippen LogP contribution in [-0.4, -0.2) is 47.3 Å². The number of hydrogen-bond donors (Lipinski definition) is 2. The van der Waals surface area contributed by atoms with Gasteiger partial charge >= 0.3 is 12.0 Å². The molecule has 1 saturated heterocycles. The largest absolute Gasteiger partial charge is 0.478 e. The van der Waals surface area contributed by atoms with E-state index >= 15 is 0 Å². The fourth-order valence-corrected chi connectivity index (χ4v) is 2.47. The van der Waals surface area contributed by atoms with Gasteiger partial charge in [-0.2, -0.15) is 0 Å². The van der Waals surface area contributed by atoms with Crippen LogP contribution in [0.15, 0.2) is 18.2 Å². The number of aromatic carboxylic acids is 1. The summed E-state index contributed by atoms with van der Waals surface area (Å²) in [4.78, 5) is 25.2. The number of carbonyl (C=O) groups excluding carboxylic acids is 1. The standard InChI is InChI=1S/C14H17ClN2O4/c1-8-7-21-9(2)6-17(8)14(20)16-11-5-3-4-10(15)12(11)13(18)19/h3-5,8-9H,6-7H2,1-2H3,(H,16,20)(H,18,19). The number of amides is 2. The highest BCUT2D eigenvalue weighted by molar-refractivity contribution is 6.34. The van der Waals surface area contributed by atoms with Crippen LogP contribution in [0.2, 0.25) is 5.02 Å². The first-order chi connectivity index (χ1) is 9.90. The normalized spacial score (nSPS) is 22.0. The molecule has 2 atom stereocenters. The van der Waals surface area contributed by atoms with E-state index in [4.69, 9.17) is 16.3 Å². The Labute approximate surface area is 127 Å². The monoisotopic (exact) mass is 312 g/mol. The molecule has 0 aliphatic carbocycles. The Bertz CT molecular complexity index is 564. The Morgan fingerprint density at radius 2 is 2.14 bits per heavy atom. The van der Waals surface area contributed by atoms with Gasteiger partial charge in [0.25, 0.3) is 0 Å². The second-order valence-corrected chi connectivity index (χ2v) is 5.45. The lowest BCUT2D eigenvalue weighted by Crippen LogP contribution is -2.51. The molecule has 1 aliphatic rings. The first-order valence-electron chi connectivity index (χ1n) is 6.61. The first-order valence-corrected chi connectivity index (χ1v) is 6.99. The fourth-order valence-electron chi connectivity index (χ4n) is 2.22. The highest BCUT2D eigenvalue weighted by atomic mass is 35.5. The van der Waals surface area contributed by atoms with E-state index in [0.717, 1.165) is 0 Å². The number of nitrogens with one attached hydrogen (secondary N) is 1. The van der Waals surface area contributed by atoms with Gasteiger partial charge < -0.3 is 20.1 Å². The summed E-state index contributed by atoms with van der Waals surface area (Å²) in [5, 5.41) is 11.9. The zero-order chi connectivity index (χ0) is 15.6. The van der Waals surface area contributed by atoms with Gasteiger partial charge in [-0.25, -0.2) is 9.59 Å². The molecule has 0 spiro atoms. The van der Waals surface area contributed by atoms with Gasteiger partial charge in [0.05, 0.1) is 29.5 Å². The quantitative estimate of drug-likeness (QED) is 0.880. The van der Waals surface area contributed by atoms with Crippen LogP contribution in [0, 0.1) is 0 Å². The number of carboxylic acids is 1. The number of rotatable bonds is 2. The summed E-state index contributed by atoms with van der Waals surface area (Å²) in [6, 6.07) is 4.15. The number of anilines is 1. The Balaban J connectivity index is 2.20.